The van der Waals surface area contributed by atoms with Crippen molar-refractivity contribution in [1.82, 2.24) is 9.78 Å². The van der Waals surface area contributed by atoms with Crippen LogP contribution in [0.15, 0.2) is 59.2 Å². The smallest absolute Gasteiger partial charge is 0.154 e. The van der Waals surface area contributed by atoms with Crippen molar-refractivity contribution in [3.63, 3.8) is 0 Å². The Bertz CT molecular complexity index is 700. The Morgan fingerprint density at radius 3 is 2.58 bits per heavy atom. The maximum atomic E-state index is 11.2. The van der Waals surface area contributed by atoms with Crippen LogP contribution in [-0.4, -0.2) is 15.7 Å². The lowest BCUT2D eigenvalue weighted by molar-refractivity contribution is -0.255. The average Bonchev–Trinajstić information content (AvgIpc) is 3.08. The fourth-order valence-electron chi connectivity index (χ4n) is 1.84. The summed E-state index contributed by atoms with van der Waals surface area (Å²) in [6.45, 7) is 0. The van der Waals surface area contributed by atoms with Gasteiger partial charge in [-0.15, -0.1) is 0 Å². The topological polar surface area (TPSA) is 71.1 Å². The minimum atomic E-state index is -1.28. The van der Waals surface area contributed by atoms with Crippen molar-refractivity contribution >= 4 is 5.97 Å². The molecule has 0 saturated heterocycles. The molecular weight excluding hydrogens is 244 g/mol. The van der Waals surface area contributed by atoms with E-state index in [0.717, 1.165) is 0 Å². The number of hydrogen-bond acceptors (Lipinski definition) is 4. The lowest BCUT2D eigenvalue weighted by Gasteiger charge is -2.06. The van der Waals surface area contributed by atoms with E-state index >= 15 is 0 Å². The summed E-state index contributed by atoms with van der Waals surface area (Å²) >= 11 is 0. The number of carboxylic acid groups (broad SMARTS) is 1. The molecule has 0 bridgehead atoms. The van der Waals surface area contributed by atoms with Gasteiger partial charge in [-0.3, -0.25) is 0 Å². The summed E-state index contributed by atoms with van der Waals surface area (Å²) in [6.07, 6.45) is 1.51. The highest BCUT2D eigenvalue weighted by molar-refractivity contribution is 5.86. The zero-order chi connectivity index (χ0) is 13.2. The van der Waals surface area contributed by atoms with E-state index in [2.05, 4.69) is 5.10 Å². The number of para-hydroxylation sites is 1. The van der Waals surface area contributed by atoms with Crippen LogP contribution in [0.4, 0.5) is 0 Å². The number of aromatic nitrogens is 2. The Labute approximate surface area is 108 Å². The first-order valence-electron chi connectivity index (χ1n) is 5.66. The van der Waals surface area contributed by atoms with Gasteiger partial charge >= 0.3 is 0 Å². The highest BCUT2D eigenvalue weighted by Crippen LogP contribution is 2.21. The van der Waals surface area contributed by atoms with Crippen molar-refractivity contribution in [1.29, 1.82) is 0 Å². The fourth-order valence-corrected chi connectivity index (χ4v) is 1.84. The predicted molar refractivity (Wildman–Crippen MR) is 65.6 cm³/mol. The first-order chi connectivity index (χ1) is 9.25. The first kappa shape index (κ1) is 11.3. The molecule has 0 atom stereocenters. The lowest BCUT2D eigenvalue weighted by atomic mass is 10.3. The molecular formula is C14H9N2O3-. The molecule has 0 N–H and O–H groups in total. The van der Waals surface area contributed by atoms with E-state index in [9.17, 15) is 9.90 Å². The van der Waals surface area contributed by atoms with Crippen LogP contribution in [0.25, 0.3) is 17.1 Å². The summed E-state index contributed by atoms with van der Waals surface area (Å²) < 4.78 is 6.54. The minimum Gasteiger partial charge on any atom is -0.543 e. The number of carbonyl (C=O) groups excluding carboxylic acids is 1. The van der Waals surface area contributed by atoms with E-state index in [1.165, 1.54) is 17.0 Å². The van der Waals surface area contributed by atoms with Crippen molar-refractivity contribution in [3.8, 4) is 17.1 Å². The van der Waals surface area contributed by atoms with Gasteiger partial charge in [0, 0.05) is 0 Å². The van der Waals surface area contributed by atoms with Gasteiger partial charge in [0.2, 0.25) is 0 Å². The number of rotatable bonds is 3. The maximum absolute atomic E-state index is 11.2. The van der Waals surface area contributed by atoms with Crippen LogP contribution in [0.5, 0.6) is 0 Å². The molecule has 0 fully saturated rings. The minimum absolute atomic E-state index is 0.0161. The SMILES string of the molecule is O=C([O-])c1cc(-c2ccco2)nn1-c1ccccc1. The fraction of sp³-hybridized carbons (Fsp3) is 0. The molecule has 0 aliphatic carbocycles. The van der Waals surface area contributed by atoms with E-state index in [1.54, 1.807) is 24.3 Å². The molecule has 2 aromatic heterocycles. The molecule has 0 spiro atoms. The first-order valence-corrected chi connectivity index (χ1v) is 5.66. The summed E-state index contributed by atoms with van der Waals surface area (Å²) in [5.74, 6) is -0.772. The van der Waals surface area contributed by atoms with Crippen LogP contribution in [0.3, 0.4) is 0 Å². The second-order valence-corrected chi connectivity index (χ2v) is 3.93. The largest absolute Gasteiger partial charge is 0.543 e. The normalized spacial score (nSPS) is 10.5. The van der Waals surface area contributed by atoms with Crippen molar-refractivity contribution < 1.29 is 14.3 Å². The van der Waals surface area contributed by atoms with E-state index in [4.69, 9.17) is 4.42 Å². The summed E-state index contributed by atoms with van der Waals surface area (Å²) in [5, 5.41) is 15.4. The van der Waals surface area contributed by atoms with Gasteiger partial charge in [0.25, 0.3) is 0 Å². The molecule has 0 saturated carbocycles. The van der Waals surface area contributed by atoms with Gasteiger partial charge in [-0.05, 0) is 30.3 Å². The highest BCUT2D eigenvalue weighted by atomic mass is 16.4. The van der Waals surface area contributed by atoms with Crippen LogP contribution >= 0.6 is 0 Å². The molecule has 0 amide bonds. The Balaban J connectivity index is 2.16. The van der Waals surface area contributed by atoms with Gasteiger partial charge in [0.15, 0.2) is 5.76 Å². The van der Waals surface area contributed by atoms with Crippen molar-refractivity contribution in [3.05, 3.63) is 60.5 Å². The molecule has 3 rings (SSSR count). The van der Waals surface area contributed by atoms with Gasteiger partial charge in [-0.25, -0.2) is 4.68 Å². The van der Waals surface area contributed by atoms with Crippen LogP contribution in [0.2, 0.25) is 0 Å². The molecule has 5 heteroatoms. The second-order valence-electron chi connectivity index (χ2n) is 3.93. The van der Waals surface area contributed by atoms with Gasteiger partial charge in [0.05, 0.1) is 23.6 Å². The zero-order valence-electron chi connectivity index (χ0n) is 9.82. The molecule has 0 radical (unpaired) electrons. The number of nitrogens with zero attached hydrogens (tertiary/aromatic N) is 2. The summed E-state index contributed by atoms with van der Waals surface area (Å²) in [6, 6.07) is 13.9. The number of benzene rings is 1. The molecule has 0 unspecified atom stereocenters. The standard InChI is InChI=1S/C14H10N2O3/c17-14(18)12-9-11(13-7-4-8-19-13)15-16(12)10-5-2-1-3-6-10/h1-9H,(H,17,18)/p-1. The van der Waals surface area contributed by atoms with Crippen LogP contribution in [-0.2, 0) is 0 Å². The Morgan fingerprint density at radius 2 is 1.95 bits per heavy atom. The third kappa shape index (κ3) is 2.01. The van der Waals surface area contributed by atoms with Crippen molar-refractivity contribution in [2.24, 2.45) is 0 Å². The lowest BCUT2D eigenvalue weighted by Crippen LogP contribution is -2.25. The van der Waals surface area contributed by atoms with Crippen LogP contribution < -0.4 is 5.11 Å². The second kappa shape index (κ2) is 4.45. The third-order valence-corrected chi connectivity index (χ3v) is 2.69. The predicted octanol–water partition coefficient (Wildman–Crippen LogP) is 1.50. The van der Waals surface area contributed by atoms with Gasteiger partial charge in [0.1, 0.15) is 5.69 Å². The van der Waals surface area contributed by atoms with E-state index in [-0.39, 0.29) is 5.69 Å². The van der Waals surface area contributed by atoms with E-state index < -0.39 is 5.97 Å². The highest BCUT2D eigenvalue weighted by Gasteiger charge is 2.13. The molecule has 3 aromatic rings. The number of carboxylic acids is 1. The van der Waals surface area contributed by atoms with Crippen LogP contribution in [0.1, 0.15) is 10.5 Å². The molecule has 1 aromatic carbocycles. The third-order valence-electron chi connectivity index (χ3n) is 2.69. The zero-order valence-corrected chi connectivity index (χ0v) is 9.82. The molecule has 2 heterocycles. The number of furan rings is 1. The summed E-state index contributed by atoms with van der Waals surface area (Å²) in [7, 11) is 0. The van der Waals surface area contributed by atoms with Gasteiger partial charge in [-0.2, -0.15) is 5.10 Å². The average molecular weight is 253 g/mol. The Kier molecular flexibility index (Phi) is 2.64. The van der Waals surface area contributed by atoms with Crippen LogP contribution in [0, 0.1) is 0 Å². The molecule has 0 aliphatic rings. The molecule has 19 heavy (non-hydrogen) atoms. The van der Waals surface area contributed by atoms with Crippen molar-refractivity contribution in [2.45, 2.75) is 0 Å². The molecule has 0 aliphatic heterocycles. The summed E-state index contributed by atoms with van der Waals surface area (Å²) in [4.78, 5) is 11.2. The number of carbonyl (C=O) groups is 1. The van der Waals surface area contributed by atoms with Gasteiger partial charge < -0.3 is 14.3 Å². The van der Waals surface area contributed by atoms with Crippen molar-refractivity contribution in [2.75, 3.05) is 0 Å². The molecule has 94 valence electrons. The van der Waals surface area contributed by atoms with Gasteiger partial charge in [-0.1, -0.05) is 18.2 Å². The van der Waals surface area contributed by atoms with E-state index in [0.29, 0.717) is 17.1 Å². The Hall–Kier alpha value is -2.82. The molecule has 5 nitrogen and oxygen atoms in total. The Morgan fingerprint density at radius 1 is 1.16 bits per heavy atom. The number of hydrogen-bond donors (Lipinski definition) is 0. The number of aromatic carboxylic acids is 1. The monoisotopic (exact) mass is 253 g/mol. The maximum Gasteiger partial charge on any atom is 0.154 e. The summed E-state index contributed by atoms with van der Waals surface area (Å²) in [5.41, 5.74) is 1.09. The van der Waals surface area contributed by atoms with E-state index in [1.807, 2.05) is 18.2 Å². The quantitative estimate of drug-likeness (QED) is 0.709.